The Morgan fingerprint density at radius 1 is 1.33 bits per heavy atom. The molecule has 1 aliphatic rings. The van der Waals surface area contributed by atoms with Crippen LogP contribution in [0.2, 0.25) is 0 Å². The number of hydrogen-bond acceptors (Lipinski definition) is 2. The van der Waals surface area contributed by atoms with Gasteiger partial charge in [-0.15, -0.1) is 0 Å². The molecule has 1 aliphatic carbocycles. The summed E-state index contributed by atoms with van der Waals surface area (Å²) >= 11 is 3.02. The molecule has 1 amide bonds. The van der Waals surface area contributed by atoms with E-state index in [9.17, 15) is 22.8 Å². The molecule has 0 saturated heterocycles. The molecule has 1 aromatic carbocycles. The molecule has 0 unspecified atom stereocenters. The molecule has 21 heavy (non-hydrogen) atoms. The number of carboxylic acid groups (broad SMARTS) is 1. The third kappa shape index (κ3) is 3.37. The molecule has 0 spiro atoms. The first-order valence-electron chi connectivity index (χ1n) is 6.04. The van der Waals surface area contributed by atoms with Crippen molar-refractivity contribution in [2.75, 3.05) is 6.54 Å². The van der Waals surface area contributed by atoms with E-state index < -0.39 is 29.0 Å². The summed E-state index contributed by atoms with van der Waals surface area (Å²) in [6.07, 6.45) is -3.65. The van der Waals surface area contributed by atoms with E-state index in [1.807, 2.05) is 0 Å². The molecule has 2 rings (SSSR count). The molecule has 1 saturated carbocycles. The van der Waals surface area contributed by atoms with Gasteiger partial charge >= 0.3 is 12.1 Å². The Kier molecular flexibility index (Phi) is 4.01. The average Bonchev–Trinajstić information content (AvgIpc) is 3.16. The Bertz CT molecular complexity index is 597. The van der Waals surface area contributed by atoms with Gasteiger partial charge in [0.1, 0.15) is 0 Å². The summed E-state index contributed by atoms with van der Waals surface area (Å²) < 4.78 is 38.1. The first kappa shape index (κ1) is 15.8. The number of carbonyl (C=O) groups is 2. The number of amides is 1. The van der Waals surface area contributed by atoms with Crippen LogP contribution in [-0.2, 0) is 11.0 Å². The first-order valence-corrected chi connectivity index (χ1v) is 6.83. The van der Waals surface area contributed by atoms with Crippen molar-refractivity contribution >= 4 is 27.8 Å². The van der Waals surface area contributed by atoms with Crippen LogP contribution in [0.4, 0.5) is 13.2 Å². The maximum Gasteiger partial charge on any atom is 0.416 e. The van der Waals surface area contributed by atoms with Crippen LogP contribution in [0.5, 0.6) is 0 Å². The molecular formula is C13H11BrF3NO3. The van der Waals surface area contributed by atoms with Gasteiger partial charge in [0.2, 0.25) is 0 Å². The van der Waals surface area contributed by atoms with Crippen molar-refractivity contribution in [1.82, 2.24) is 5.32 Å². The van der Waals surface area contributed by atoms with Crippen molar-refractivity contribution < 1.29 is 27.9 Å². The van der Waals surface area contributed by atoms with Gasteiger partial charge < -0.3 is 10.4 Å². The molecule has 0 bridgehead atoms. The lowest BCUT2D eigenvalue weighted by molar-refractivity contribution is -0.143. The van der Waals surface area contributed by atoms with Crippen LogP contribution in [0.1, 0.15) is 28.8 Å². The summed E-state index contributed by atoms with van der Waals surface area (Å²) in [5.74, 6) is -1.74. The highest BCUT2D eigenvalue weighted by atomic mass is 79.9. The van der Waals surface area contributed by atoms with Crippen molar-refractivity contribution in [3.63, 3.8) is 0 Å². The minimum Gasteiger partial charge on any atom is -0.481 e. The average molecular weight is 366 g/mol. The van der Waals surface area contributed by atoms with Gasteiger partial charge in [-0.05, 0) is 47.0 Å². The van der Waals surface area contributed by atoms with Crippen LogP contribution in [0, 0.1) is 5.41 Å². The van der Waals surface area contributed by atoms with E-state index in [0.29, 0.717) is 12.8 Å². The number of carboxylic acids is 1. The van der Waals surface area contributed by atoms with Gasteiger partial charge in [-0.3, -0.25) is 9.59 Å². The van der Waals surface area contributed by atoms with Crippen molar-refractivity contribution in [3.05, 3.63) is 33.8 Å². The fourth-order valence-electron chi connectivity index (χ4n) is 1.84. The van der Waals surface area contributed by atoms with Crippen LogP contribution in [0.3, 0.4) is 0 Å². The van der Waals surface area contributed by atoms with E-state index in [0.717, 1.165) is 18.2 Å². The second kappa shape index (κ2) is 5.32. The third-order valence-electron chi connectivity index (χ3n) is 3.43. The SMILES string of the molecule is O=C(NCC1(C(=O)O)CC1)c1cc(C(F)(F)F)ccc1Br. The minimum absolute atomic E-state index is 0.0934. The number of rotatable bonds is 4. The molecule has 2 N–H and O–H groups in total. The monoisotopic (exact) mass is 365 g/mol. The lowest BCUT2D eigenvalue weighted by atomic mass is 10.1. The molecule has 0 aliphatic heterocycles. The molecule has 0 heterocycles. The molecule has 8 heteroatoms. The lowest BCUT2D eigenvalue weighted by Crippen LogP contribution is -2.34. The Balaban J connectivity index is 2.14. The van der Waals surface area contributed by atoms with E-state index in [4.69, 9.17) is 5.11 Å². The second-order valence-electron chi connectivity index (χ2n) is 4.96. The number of halogens is 4. The van der Waals surface area contributed by atoms with Crippen LogP contribution >= 0.6 is 15.9 Å². The maximum absolute atomic E-state index is 12.6. The highest BCUT2D eigenvalue weighted by Gasteiger charge is 2.50. The summed E-state index contributed by atoms with van der Waals surface area (Å²) in [5, 5.41) is 11.4. The van der Waals surface area contributed by atoms with Gasteiger partial charge in [-0.2, -0.15) is 13.2 Å². The Labute approximate surface area is 126 Å². The number of aliphatic carboxylic acids is 1. The Hall–Kier alpha value is -1.57. The highest BCUT2D eigenvalue weighted by molar-refractivity contribution is 9.10. The van der Waals surface area contributed by atoms with E-state index >= 15 is 0 Å². The lowest BCUT2D eigenvalue weighted by Gasteiger charge is -2.13. The van der Waals surface area contributed by atoms with Gasteiger partial charge in [-0.1, -0.05) is 0 Å². The van der Waals surface area contributed by atoms with Crippen LogP contribution in [0.15, 0.2) is 22.7 Å². The maximum atomic E-state index is 12.6. The highest BCUT2D eigenvalue weighted by Crippen LogP contribution is 2.45. The standard InChI is InChI=1S/C13H11BrF3NO3/c14-9-2-1-7(13(15,16)17)5-8(9)10(19)18-6-12(3-4-12)11(20)21/h1-2,5H,3-4,6H2,(H,18,19)(H,20,21). The minimum atomic E-state index is -4.55. The fourth-order valence-corrected chi connectivity index (χ4v) is 2.26. The second-order valence-corrected chi connectivity index (χ2v) is 5.81. The number of benzene rings is 1. The molecule has 0 radical (unpaired) electrons. The van der Waals surface area contributed by atoms with Gasteiger partial charge in [0.25, 0.3) is 5.91 Å². The Morgan fingerprint density at radius 3 is 2.43 bits per heavy atom. The van der Waals surface area contributed by atoms with E-state index in [1.54, 1.807) is 0 Å². The topological polar surface area (TPSA) is 66.4 Å². The number of alkyl halides is 3. The molecule has 0 aromatic heterocycles. The largest absolute Gasteiger partial charge is 0.481 e. The molecule has 4 nitrogen and oxygen atoms in total. The zero-order chi connectivity index (χ0) is 15.8. The van der Waals surface area contributed by atoms with E-state index in [1.165, 1.54) is 0 Å². The quantitative estimate of drug-likeness (QED) is 0.861. The van der Waals surface area contributed by atoms with Crippen molar-refractivity contribution in [1.29, 1.82) is 0 Å². The predicted octanol–water partition coefficient (Wildman–Crippen LogP) is 3.06. The van der Waals surface area contributed by atoms with Crippen LogP contribution < -0.4 is 5.32 Å². The summed E-state index contributed by atoms with van der Waals surface area (Å²) in [6, 6.07) is 2.74. The molecule has 1 aromatic rings. The van der Waals surface area contributed by atoms with Gasteiger partial charge in [0, 0.05) is 11.0 Å². The molecule has 114 valence electrons. The van der Waals surface area contributed by atoms with Crippen LogP contribution in [-0.4, -0.2) is 23.5 Å². The molecule has 1 fully saturated rings. The van der Waals surface area contributed by atoms with Gasteiger partial charge in [0.15, 0.2) is 0 Å². The van der Waals surface area contributed by atoms with Gasteiger partial charge in [-0.25, -0.2) is 0 Å². The zero-order valence-electron chi connectivity index (χ0n) is 10.6. The molecular weight excluding hydrogens is 355 g/mol. The van der Waals surface area contributed by atoms with Crippen LogP contribution in [0.25, 0.3) is 0 Å². The molecule has 0 atom stereocenters. The number of hydrogen-bond donors (Lipinski definition) is 2. The number of nitrogens with one attached hydrogen (secondary N) is 1. The number of carbonyl (C=O) groups excluding carboxylic acids is 1. The smallest absolute Gasteiger partial charge is 0.416 e. The van der Waals surface area contributed by atoms with Gasteiger partial charge in [0.05, 0.1) is 16.5 Å². The third-order valence-corrected chi connectivity index (χ3v) is 4.12. The fraction of sp³-hybridized carbons (Fsp3) is 0.385. The van der Waals surface area contributed by atoms with Crippen molar-refractivity contribution in [2.24, 2.45) is 5.41 Å². The zero-order valence-corrected chi connectivity index (χ0v) is 12.2. The van der Waals surface area contributed by atoms with Crippen molar-refractivity contribution in [2.45, 2.75) is 19.0 Å². The normalized spacial score (nSPS) is 16.4. The summed E-state index contributed by atoms with van der Waals surface area (Å²) in [5.41, 5.74) is -2.08. The van der Waals surface area contributed by atoms with Crippen molar-refractivity contribution in [3.8, 4) is 0 Å². The first-order chi connectivity index (χ1) is 9.66. The predicted molar refractivity (Wildman–Crippen MR) is 70.8 cm³/mol. The summed E-state index contributed by atoms with van der Waals surface area (Å²) in [4.78, 5) is 22.9. The Morgan fingerprint density at radius 2 is 1.95 bits per heavy atom. The summed E-state index contributed by atoms with van der Waals surface area (Å²) in [7, 11) is 0. The van der Waals surface area contributed by atoms with E-state index in [-0.39, 0.29) is 16.6 Å². The summed E-state index contributed by atoms with van der Waals surface area (Å²) in [6.45, 7) is -0.0934. The van der Waals surface area contributed by atoms with E-state index in [2.05, 4.69) is 21.2 Å².